The van der Waals surface area contributed by atoms with E-state index >= 15 is 0 Å². The maximum atomic E-state index is 11.1. The summed E-state index contributed by atoms with van der Waals surface area (Å²) in [6.45, 7) is 1.67. The molecule has 0 saturated heterocycles. The summed E-state index contributed by atoms with van der Waals surface area (Å²) in [6, 6.07) is 4.63. The molecule has 0 aliphatic carbocycles. The van der Waals surface area contributed by atoms with Crippen LogP contribution in [0, 0.1) is 6.92 Å². The fraction of sp³-hybridized carbons (Fsp3) is 0.200. The van der Waals surface area contributed by atoms with Gasteiger partial charge in [0.05, 0.1) is 7.11 Å². The number of ether oxygens (including phenoxy) is 1. The summed E-state index contributed by atoms with van der Waals surface area (Å²) >= 11 is 0. The number of carbonyl (C=O) groups is 2. The lowest BCUT2D eigenvalue weighted by atomic mass is 10.0. The van der Waals surface area contributed by atoms with Crippen LogP contribution in [-0.4, -0.2) is 24.0 Å². The fourth-order valence-corrected chi connectivity index (χ4v) is 1.13. The molecule has 0 aliphatic heterocycles. The molecule has 0 aliphatic rings. The van der Waals surface area contributed by atoms with E-state index in [1.54, 1.807) is 19.1 Å². The molecular weight excluding hydrogens is 184 g/mol. The topological polar surface area (TPSA) is 63.6 Å². The first-order chi connectivity index (χ1) is 6.56. The number of Topliss-reactive ketones (excluding diaryl/α,β-unsaturated/α-hetero) is 1. The van der Waals surface area contributed by atoms with Gasteiger partial charge >= 0.3 is 5.97 Å². The van der Waals surface area contributed by atoms with Crippen molar-refractivity contribution in [3.8, 4) is 5.75 Å². The summed E-state index contributed by atoms with van der Waals surface area (Å²) < 4.78 is 4.93. The normalized spacial score (nSPS) is 9.57. The summed E-state index contributed by atoms with van der Waals surface area (Å²) in [4.78, 5) is 21.6. The van der Waals surface area contributed by atoms with E-state index in [4.69, 9.17) is 9.84 Å². The van der Waals surface area contributed by atoms with Gasteiger partial charge in [0, 0.05) is 5.56 Å². The number of carboxylic acid groups (broad SMARTS) is 1. The minimum atomic E-state index is -1.45. The molecule has 1 aromatic carbocycles. The zero-order chi connectivity index (χ0) is 10.7. The van der Waals surface area contributed by atoms with Crippen LogP contribution in [0.4, 0.5) is 0 Å². The molecular formula is C10H10O4. The van der Waals surface area contributed by atoms with Gasteiger partial charge in [-0.3, -0.25) is 4.79 Å². The van der Waals surface area contributed by atoms with Gasteiger partial charge in [0.15, 0.2) is 0 Å². The highest BCUT2D eigenvalue weighted by Crippen LogP contribution is 2.17. The van der Waals surface area contributed by atoms with Crippen LogP contribution < -0.4 is 4.74 Å². The lowest BCUT2D eigenvalue weighted by Crippen LogP contribution is -2.13. The summed E-state index contributed by atoms with van der Waals surface area (Å²) in [5, 5.41) is 8.51. The van der Waals surface area contributed by atoms with Crippen molar-refractivity contribution in [1.82, 2.24) is 0 Å². The van der Waals surface area contributed by atoms with E-state index in [1.165, 1.54) is 13.2 Å². The van der Waals surface area contributed by atoms with Gasteiger partial charge in [-0.05, 0) is 30.7 Å². The first kappa shape index (κ1) is 10.2. The molecule has 0 amide bonds. The number of carbonyl (C=O) groups excluding carboxylic acids is 1. The van der Waals surface area contributed by atoms with Crippen molar-refractivity contribution in [2.24, 2.45) is 0 Å². The number of hydrogen-bond acceptors (Lipinski definition) is 3. The van der Waals surface area contributed by atoms with E-state index < -0.39 is 11.8 Å². The van der Waals surface area contributed by atoms with Gasteiger partial charge < -0.3 is 9.84 Å². The molecule has 4 heteroatoms. The molecule has 74 valence electrons. The zero-order valence-electron chi connectivity index (χ0n) is 7.90. The molecule has 0 radical (unpaired) electrons. The molecule has 0 spiro atoms. The molecule has 0 unspecified atom stereocenters. The fourth-order valence-electron chi connectivity index (χ4n) is 1.13. The third-order valence-electron chi connectivity index (χ3n) is 1.87. The Labute approximate surface area is 81.1 Å². The van der Waals surface area contributed by atoms with Crippen molar-refractivity contribution in [2.45, 2.75) is 6.92 Å². The highest BCUT2D eigenvalue weighted by atomic mass is 16.5. The molecule has 1 rings (SSSR count). The first-order valence-electron chi connectivity index (χ1n) is 3.98. The van der Waals surface area contributed by atoms with Gasteiger partial charge in [0.25, 0.3) is 5.78 Å². The Kier molecular flexibility index (Phi) is 2.86. The van der Waals surface area contributed by atoms with Crippen LogP contribution in [0.5, 0.6) is 5.75 Å². The Bertz CT molecular complexity index is 382. The second-order valence-electron chi connectivity index (χ2n) is 2.82. The maximum absolute atomic E-state index is 11.1. The van der Waals surface area contributed by atoms with Crippen LogP contribution in [-0.2, 0) is 4.79 Å². The standard InChI is InChI=1S/C10H10O4/c1-6-5-7(14-2)3-4-8(6)9(11)10(12)13/h3-5H,1-2H3,(H,12,13). The van der Waals surface area contributed by atoms with Crippen LogP contribution in [0.25, 0.3) is 0 Å². The molecule has 0 fully saturated rings. The Hall–Kier alpha value is -1.84. The van der Waals surface area contributed by atoms with Gasteiger partial charge in [-0.1, -0.05) is 0 Å². The van der Waals surface area contributed by atoms with Gasteiger partial charge in [0.1, 0.15) is 5.75 Å². The Morgan fingerprint density at radius 2 is 2.00 bits per heavy atom. The van der Waals surface area contributed by atoms with E-state index in [0.29, 0.717) is 11.3 Å². The monoisotopic (exact) mass is 194 g/mol. The van der Waals surface area contributed by atoms with Crippen molar-refractivity contribution in [1.29, 1.82) is 0 Å². The summed E-state index contributed by atoms with van der Waals surface area (Å²) in [5.74, 6) is -1.74. The van der Waals surface area contributed by atoms with Gasteiger partial charge in [-0.25, -0.2) is 4.79 Å². The van der Waals surface area contributed by atoms with Crippen LogP contribution in [0.1, 0.15) is 15.9 Å². The number of rotatable bonds is 3. The lowest BCUT2D eigenvalue weighted by molar-refractivity contribution is -0.131. The summed E-state index contributed by atoms with van der Waals surface area (Å²) in [6.07, 6.45) is 0. The number of methoxy groups -OCH3 is 1. The van der Waals surface area contributed by atoms with Crippen molar-refractivity contribution >= 4 is 11.8 Å². The van der Waals surface area contributed by atoms with Crippen LogP contribution in [0.15, 0.2) is 18.2 Å². The minimum Gasteiger partial charge on any atom is -0.497 e. The van der Waals surface area contributed by atoms with E-state index in [0.717, 1.165) is 0 Å². The third-order valence-corrected chi connectivity index (χ3v) is 1.87. The highest BCUT2D eigenvalue weighted by molar-refractivity contribution is 6.40. The quantitative estimate of drug-likeness (QED) is 0.581. The largest absolute Gasteiger partial charge is 0.497 e. The first-order valence-corrected chi connectivity index (χ1v) is 3.98. The third kappa shape index (κ3) is 1.90. The number of carboxylic acids is 1. The minimum absolute atomic E-state index is 0.193. The number of benzene rings is 1. The molecule has 0 saturated carbocycles. The average molecular weight is 194 g/mol. The SMILES string of the molecule is COc1ccc(C(=O)C(=O)O)c(C)c1. The van der Waals surface area contributed by atoms with E-state index in [-0.39, 0.29) is 5.56 Å². The van der Waals surface area contributed by atoms with Gasteiger partial charge in [0.2, 0.25) is 0 Å². The molecule has 0 atom stereocenters. The van der Waals surface area contributed by atoms with E-state index in [2.05, 4.69) is 0 Å². The molecule has 1 aromatic rings. The van der Waals surface area contributed by atoms with Gasteiger partial charge in [-0.15, -0.1) is 0 Å². The second kappa shape index (κ2) is 3.91. The van der Waals surface area contributed by atoms with Crippen molar-refractivity contribution in [3.05, 3.63) is 29.3 Å². The molecule has 4 nitrogen and oxygen atoms in total. The zero-order valence-corrected chi connectivity index (χ0v) is 7.90. The van der Waals surface area contributed by atoms with Crippen molar-refractivity contribution < 1.29 is 19.4 Å². The van der Waals surface area contributed by atoms with Gasteiger partial charge in [-0.2, -0.15) is 0 Å². The van der Waals surface area contributed by atoms with Crippen LogP contribution >= 0.6 is 0 Å². The average Bonchev–Trinajstić information content (AvgIpc) is 2.16. The number of ketones is 1. The predicted molar refractivity (Wildman–Crippen MR) is 49.7 cm³/mol. The molecule has 0 bridgehead atoms. The Morgan fingerprint density at radius 1 is 1.36 bits per heavy atom. The smallest absolute Gasteiger partial charge is 0.377 e. The number of aryl methyl sites for hydroxylation is 1. The Morgan fingerprint density at radius 3 is 2.43 bits per heavy atom. The number of aliphatic carboxylic acids is 1. The van der Waals surface area contributed by atoms with Crippen LogP contribution in [0.2, 0.25) is 0 Å². The van der Waals surface area contributed by atoms with E-state index in [9.17, 15) is 9.59 Å². The maximum Gasteiger partial charge on any atom is 0.377 e. The molecule has 1 N–H and O–H groups in total. The summed E-state index contributed by atoms with van der Waals surface area (Å²) in [7, 11) is 1.51. The lowest BCUT2D eigenvalue weighted by Gasteiger charge is -2.04. The summed E-state index contributed by atoms with van der Waals surface area (Å²) in [5.41, 5.74) is 0.787. The molecule has 0 aromatic heterocycles. The highest BCUT2D eigenvalue weighted by Gasteiger charge is 2.16. The van der Waals surface area contributed by atoms with Crippen molar-refractivity contribution in [2.75, 3.05) is 7.11 Å². The Balaban J connectivity index is 3.12. The molecule has 14 heavy (non-hydrogen) atoms. The number of hydrogen-bond donors (Lipinski definition) is 1. The van der Waals surface area contributed by atoms with Crippen LogP contribution in [0.3, 0.4) is 0 Å². The predicted octanol–water partition coefficient (Wildman–Crippen LogP) is 1.27. The van der Waals surface area contributed by atoms with Crippen molar-refractivity contribution in [3.63, 3.8) is 0 Å². The van der Waals surface area contributed by atoms with E-state index in [1.807, 2.05) is 0 Å². The second-order valence-corrected chi connectivity index (χ2v) is 2.82. The molecule has 0 heterocycles.